The number of ether oxygens (including phenoxy) is 2. The third kappa shape index (κ3) is 8.47. The number of benzene rings is 2. The lowest BCUT2D eigenvalue weighted by molar-refractivity contribution is -0.141. The first-order valence-electron chi connectivity index (χ1n) is 13.6. The maximum absolute atomic E-state index is 14.3. The van der Waals surface area contributed by atoms with Crippen LogP contribution in [0.3, 0.4) is 0 Å². The van der Waals surface area contributed by atoms with Crippen LogP contribution in [-0.2, 0) is 14.3 Å². The molecule has 3 rings (SSSR count). The molecule has 3 amide bonds. The van der Waals surface area contributed by atoms with Crippen LogP contribution in [0.1, 0.15) is 76.6 Å². The van der Waals surface area contributed by atoms with Crippen LogP contribution in [-0.4, -0.2) is 47.6 Å². The van der Waals surface area contributed by atoms with E-state index in [1.807, 2.05) is 45.9 Å². The zero-order valence-corrected chi connectivity index (χ0v) is 24.5. The molecule has 1 aliphatic rings. The van der Waals surface area contributed by atoms with Gasteiger partial charge in [-0.2, -0.15) is 0 Å². The van der Waals surface area contributed by atoms with E-state index >= 15 is 0 Å². The summed E-state index contributed by atoms with van der Waals surface area (Å²) in [4.78, 5) is 42.7. The third-order valence-electron chi connectivity index (χ3n) is 6.50. The summed E-state index contributed by atoms with van der Waals surface area (Å²) in [5, 5.41) is 5.81. The number of amides is 3. The van der Waals surface area contributed by atoms with Crippen LogP contribution in [0.4, 0.5) is 10.5 Å². The van der Waals surface area contributed by atoms with Crippen molar-refractivity contribution in [2.24, 2.45) is 5.92 Å². The van der Waals surface area contributed by atoms with Crippen molar-refractivity contribution in [1.82, 2.24) is 10.2 Å². The van der Waals surface area contributed by atoms with Crippen molar-refractivity contribution >= 4 is 23.6 Å². The zero-order valence-electron chi connectivity index (χ0n) is 24.5. The van der Waals surface area contributed by atoms with E-state index in [1.165, 1.54) is 0 Å². The molecule has 0 radical (unpaired) electrons. The van der Waals surface area contributed by atoms with Crippen LogP contribution in [0.5, 0.6) is 5.75 Å². The Kier molecular flexibility index (Phi) is 9.64. The highest BCUT2D eigenvalue weighted by molar-refractivity contribution is 5.99. The largest absolute Gasteiger partial charge is 0.497 e. The lowest BCUT2D eigenvalue weighted by atomic mass is 9.95. The second kappa shape index (κ2) is 12.5. The maximum Gasteiger partial charge on any atom is 0.408 e. The van der Waals surface area contributed by atoms with Gasteiger partial charge in [0, 0.05) is 11.7 Å². The van der Waals surface area contributed by atoms with Crippen molar-refractivity contribution < 1.29 is 23.9 Å². The van der Waals surface area contributed by atoms with Crippen LogP contribution in [0.25, 0.3) is 0 Å². The normalized spacial score (nSPS) is 14.8. The topological polar surface area (TPSA) is 97.0 Å². The summed E-state index contributed by atoms with van der Waals surface area (Å²) in [5.41, 5.74) is 2.57. The minimum atomic E-state index is -0.873. The van der Waals surface area contributed by atoms with E-state index in [-0.39, 0.29) is 23.8 Å². The van der Waals surface area contributed by atoms with Crippen molar-refractivity contribution in [1.29, 1.82) is 0 Å². The van der Waals surface area contributed by atoms with Gasteiger partial charge in [0.25, 0.3) is 5.91 Å². The number of methoxy groups -OCH3 is 1. The quantitative estimate of drug-likeness (QED) is 0.392. The molecule has 8 nitrogen and oxygen atoms in total. The second-order valence-corrected chi connectivity index (χ2v) is 11.8. The fraction of sp³-hybridized carbons (Fsp3) is 0.516. The van der Waals surface area contributed by atoms with E-state index in [0.29, 0.717) is 17.9 Å². The molecule has 0 spiro atoms. The summed E-state index contributed by atoms with van der Waals surface area (Å²) in [6.07, 6.45) is 1.36. The number of nitrogens with zero attached hydrogens (tertiary/aromatic N) is 1. The molecular formula is C31H43N3O5. The number of nitrogens with one attached hydrogen (secondary N) is 2. The molecule has 0 bridgehead atoms. The van der Waals surface area contributed by atoms with Gasteiger partial charge >= 0.3 is 6.09 Å². The summed E-state index contributed by atoms with van der Waals surface area (Å²) in [7, 11) is 1.59. The van der Waals surface area contributed by atoms with Crippen molar-refractivity contribution in [3.8, 4) is 5.75 Å². The Bertz CT molecular complexity index is 1170. The molecule has 1 fully saturated rings. The van der Waals surface area contributed by atoms with Gasteiger partial charge in [-0.3, -0.25) is 9.59 Å². The Labute approximate surface area is 232 Å². The molecule has 0 aromatic heterocycles. The molecule has 2 aromatic carbocycles. The van der Waals surface area contributed by atoms with Gasteiger partial charge in [0.05, 0.1) is 7.11 Å². The Hall–Kier alpha value is -3.55. The van der Waals surface area contributed by atoms with E-state index in [4.69, 9.17) is 9.47 Å². The number of carbonyl (C=O) groups is 3. The summed E-state index contributed by atoms with van der Waals surface area (Å²) in [6, 6.07) is 11.2. The van der Waals surface area contributed by atoms with Crippen LogP contribution >= 0.6 is 0 Å². The predicted octanol–water partition coefficient (Wildman–Crippen LogP) is 5.92. The molecule has 2 atom stereocenters. The van der Waals surface area contributed by atoms with Crippen molar-refractivity contribution in [3.63, 3.8) is 0 Å². The summed E-state index contributed by atoms with van der Waals surface area (Å²) in [5.74, 6) is 0.211. The van der Waals surface area contributed by atoms with Gasteiger partial charge in [0.15, 0.2) is 0 Å². The third-order valence-corrected chi connectivity index (χ3v) is 6.50. The van der Waals surface area contributed by atoms with Crippen LogP contribution < -0.4 is 15.4 Å². The second-order valence-electron chi connectivity index (χ2n) is 11.8. The standard InChI is InChI=1S/C31H43N3O5/c1-19(2)17-26(33-30(37)39-31(5,6)7)29(36)34(23-13-14-23)27(25-18-20(3)9-10-21(25)4)28(35)32-22-11-15-24(38-8)16-12-22/h9-12,15-16,18-19,23,26-27H,13-14,17H2,1-8H3,(H,32,35)(H,33,37). The van der Waals surface area contributed by atoms with E-state index in [1.54, 1.807) is 57.0 Å². The van der Waals surface area contributed by atoms with Crippen molar-refractivity contribution in [2.45, 2.75) is 91.5 Å². The first-order chi connectivity index (χ1) is 18.3. The smallest absolute Gasteiger partial charge is 0.408 e. The van der Waals surface area contributed by atoms with E-state index in [2.05, 4.69) is 10.6 Å². The zero-order chi connectivity index (χ0) is 28.9. The fourth-order valence-corrected chi connectivity index (χ4v) is 4.55. The molecule has 1 aliphatic carbocycles. The van der Waals surface area contributed by atoms with E-state index in [0.717, 1.165) is 29.5 Å². The molecule has 39 heavy (non-hydrogen) atoms. The van der Waals surface area contributed by atoms with E-state index < -0.39 is 23.8 Å². The number of alkyl carbamates (subject to hydrolysis) is 1. The van der Waals surface area contributed by atoms with Gasteiger partial charge in [0.1, 0.15) is 23.4 Å². The highest BCUT2D eigenvalue weighted by atomic mass is 16.6. The molecule has 0 aliphatic heterocycles. The predicted molar refractivity (Wildman–Crippen MR) is 153 cm³/mol. The monoisotopic (exact) mass is 537 g/mol. The molecule has 1 saturated carbocycles. The van der Waals surface area contributed by atoms with Crippen molar-refractivity contribution in [3.05, 3.63) is 59.2 Å². The molecule has 2 N–H and O–H groups in total. The lowest BCUT2D eigenvalue weighted by Gasteiger charge is -2.35. The number of hydrogen-bond donors (Lipinski definition) is 2. The van der Waals surface area contributed by atoms with Gasteiger partial charge in [-0.25, -0.2) is 4.79 Å². The average molecular weight is 538 g/mol. The number of carbonyl (C=O) groups excluding carboxylic acids is 3. The van der Waals surface area contributed by atoms with Gasteiger partial charge < -0.3 is 25.0 Å². The summed E-state index contributed by atoms with van der Waals surface area (Å²) >= 11 is 0. The Morgan fingerprint density at radius 2 is 1.67 bits per heavy atom. The number of aryl methyl sites for hydroxylation is 2. The SMILES string of the molecule is COc1ccc(NC(=O)C(c2cc(C)ccc2C)N(C(=O)C(CC(C)C)NC(=O)OC(C)(C)C)C2CC2)cc1. The van der Waals surface area contributed by atoms with E-state index in [9.17, 15) is 14.4 Å². The van der Waals surface area contributed by atoms with Crippen molar-refractivity contribution in [2.75, 3.05) is 12.4 Å². The van der Waals surface area contributed by atoms with Crippen LogP contribution in [0.15, 0.2) is 42.5 Å². The molecule has 0 heterocycles. The molecule has 2 aromatic rings. The Morgan fingerprint density at radius 3 is 2.21 bits per heavy atom. The average Bonchev–Trinajstić information content (AvgIpc) is 3.67. The fourth-order valence-electron chi connectivity index (χ4n) is 4.55. The minimum absolute atomic E-state index is 0.0980. The number of anilines is 1. The Balaban J connectivity index is 2.02. The highest BCUT2D eigenvalue weighted by Crippen LogP contribution is 2.38. The maximum atomic E-state index is 14.3. The van der Waals surface area contributed by atoms with Crippen LogP contribution in [0, 0.1) is 19.8 Å². The molecule has 0 saturated heterocycles. The first kappa shape index (κ1) is 30.0. The Morgan fingerprint density at radius 1 is 1.03 bits per heavy atom. The summed E-state index contributed by atoms with van der Waals surface area (Å²) < 4.78 is 10.7. The number of hydrogen-bond acceptors (Lipinski definition) is 5. The van der Waals surface area contributed by atoms with Crippen LogP contribution in [0.2, 0.25) is 0 Å². The molecule has 2 unspecified atom stereocenters. The minimum Gasteiger partial charge on any atom is -0.497 e. The van der Waals surface area contributed by atoms with Gasteiger partial charge in [0.2, 0.25) is 5.91 Å². The molecule has 8 heteroatoms. The summed E-state index contributed by atoms with van der Waals surface area (Å²) in [6.45, 7) is 13.3. The molecule has 212 valence electrons. The first-order valence-corrected chi connectivity index (χ1v) is 13.6. The van der Waals surface area contributed by atoms with Gasteiger partial charge in [-0.15, -0.1) is 0 Å². The number of rotatable bonds is 10. The van der Waals surface area contributed by atoms with Gasteiger partial charge in [-0.1, -0.05) is 37.6 Å². The highest BCUT2D eigenvalue weighted by Gasteiger charge is 2.44. The lowest BCUT2D eigenvalue weighted by Crippen LogP contribution is -2.53. The molecular weight excluding hydrogens is 494 g/mol. The van der Waals surface area contributed by atoms with Gasteiger partial charge in [-0.05, 0) is 95.2 Å².